The summed E-state index contributed by atoms with van der Waals surface area (Å²) >= 11 is 0. The minimum Gasteiger partial charge on any atom is -0.494 e. The lowest BCUT2D eigenvalue weighted by atomic mass is 10.1. The maximum absolute atomic E-state index is 13.7. The van der Waals surface area contributed by atoms with E-state index in [2.05, 4.69) is 5.32 Å². The highest BCUT2D eigenvalue weighted by Crippen LogP contribution is 2.23. The molecule has 1 N–H and O–H groups in total. The average Bonchev–Trinajstić information content (AvgIpc) is 2.64. The van der Waals surface area contributed by atoms with Gasteiger partial charge < -0.3 is 14.8 Å². The molecule has 0 saturated carbocycles. The number of para-hydroxylation sites is 1. The summed E-state index contributed by atoms with van der Waals surface area (Å²) in [5, 5.41) is 2.78. The number of methoxy groups -OCH3 is 1. The molecule has 0 aliphatic heterocycles. The zero-order chi connectivity index (χ0) is 18.4. The first-order chi connectivity index (χ1) is 12.6. The Morgan fingerprint density at radius 2 is 1.65 bits per heavy atom. The van der Waals surface area contributed by atoms with Gasteiger partial charge in [0.15, 0.2) is 11.6 Å². The van der Waals surface area contributed by atoms with Crippen molar-refractivity contribution in [3.63, 3.8) is 0 Å². The molecule has 0 bridgehead atoms. The highest BCUT2D eigenvalue weighted by atomic mass is 19.1. The third-order valence-electron chi connectivity index (χ3n) is 3.70. The Labute approximate surface area is 151 Å². The summed E-state index contributed by atoms with van der Waals surface area (Å²) in [5.41, 5.74) is 1.22. The predicted octanol–water partition coefficient (Wildman–Crippen LogP) is 4.81. The van der Waals surface area contributed by atoms with Crippen molar-refractivity contribution in [2.45, 2.75) is 6.42 Å². The summed E-state index contributed by atoms with van der Waals surface area (Å²) < 4.78 is 24.3. The highest BCUT2D eigenvalue weighted by molar-refractivity contribution is 5.92. The molecule has 0 fully saturated rings. The summed E-state index contributed by atoms with van der Waals surface area (Å²) in [6, 6.07) is 21.0. The number of carbonyl (C=O) groups excluding carboxylic acids is 1. The monoisotopic (exact) mass is 351 g/mol. The SMILES string of the molecule is COc1ccc(CC(=O)Nc2ccc(Oc3ccccc3)cc2)cc1F. The van der Waals surface area contributed by atoms with Gasteiger partial charge >= 0.3 is 0 Å². The predicted molar refractivity (Wildman–Crippen MR) is 98.2 cm³/mol. The molecule has 0 atom stereocenters. The summed E-state index contributed by atoms with van der Waals surface area (Å²) in [7, 11) is 1.40. The minimum absolute atomic E-state index is 0.0726. The van der Waals surface area contributed by atoms with Crippen LogP contribution in [-0.4, -0.2) is 13.0 Å². The molecule has 0 aliphatic carbocycles. The van der Waals surface area contributed by atoms with E-state index in [-0.39, 0.29) is 18.1 Å². The summed E-state index contributed by atoms with van der Waals surface area (Å²) in [4.78, 5) is 12.1. The number of benzene rings is 3. The zero-order valence-corrected chi connectivity index (χ0v) is 14.2. The number of hydrogen-bond donors (Lipinski definition) is 1. The Kier molecular flexibility index (Phi) is 5.49. The molecule has 3 aromatic rings. The Balaban J connectivity index is 1.58. The molecule has 0 aromatic heterocycles. The largest absolute Gasteiger partial charge is 0.494 e. The molecule has 0 unspecified atom stereocenters. The second kappa shape index (κ2) is 8.16. The van der Waals surface area contributed by atoms with E-state index in [4.69, 9.17) is 9.47 Å². The fourth-order valence-corrected chi connectivity index (χ4v) is 2.44. The lowest BCUT2D eigenvalue weighted by Gasteiger charge is -2.09. The van der Waals surface area contributed by atoms with Crippen LogP contribution in [0.1, 0.15) is 5.56 Å². The number of rotatable bonds is 6. The van der Waals surface area contributed by atoms with Crippen LogP contribution in [0.3, 0.4) is 0 Å². The van der Waals surface area contributed by atoms with Crippen LogP contribution < -0.4 is 14.8 Å². The Morgan fingerprint density at radius 3 is 2.31 bits per heavy atom. The van der Waals surface area contributed by atoms with Crippen LogP contribution in [0.4, 0.5) is 10.1 Å². The van der Waals surface area contributed by atoms with Gasteiger partial charge in [-0.3, -0.25) is 4.79 Å². The van der Waals surface area contributed by atoms with Gasteiger partial charge in [0.25, 0.3) is 0 Å². The lowest BCUT2D eigenvalue weighted by molar-refractivity contribution is -0.115. The fraction of sp³-hybridized carbons (Fsp3) is 0.0952. The first kappa shape index (κ1) is 17.5. The van der Waals surface area contributed by atoms with Crippen molar-refractivity contribution in [1.29, 1.82) is 0 Å². The highest BCUT2D eigenvalue weighted by Gasteiger charge is 2.08. The van der Waals surface area contributed by atoms with E-state index >= 15 is 0 Å². The fourth-order valence-electron chi connectivity index (χ4n) is 2.44. The number of halogens is 1. The molecule has 0 aliphatic rings. The molecule has 26 heavy (non-hydrogen) atoms. The van der Waals surface area contributed by atoms with E-state index in [1.54, 1.807) is 30.3 Å². The van der Waals surface area contributed by atoms with Gasteiger partial charge in [-0.2, -0.15) is 0 Å². The van der Waals surface area contributed by atoms with Gasteiger partial charge in [-0.25, -0.2) is 4.39 Å². The summed E-state index contributed by atoms with van der Waals surface area (Å²) in [5.74, 6) is 0.854. The van der Waals surface area contributed by atoms with Crippen LogP contribution in [0.2, 0.25) is 0 Å². The molecule has 4 nitrogen and oxygen atoms in total. The molecule has 132 valence electrons. The van der Waals surface area contributed by atoms with E-state index in [1.807, 2.05) is 30.3 Å². The zero-order valence-electron chi connectivity index (χ0n) is 14.2. The molecule has 1 amide bonds. The molecule has 0 radical (unpaired) electrons. The number of hydrogen-bond acceptors (Lipinski definition) is 3. The van der Waals surface area contributed by atoms with E-state index in [0.29, 0.717) is 17.0 Å². The van der Waals surface area contributed by atoms with Crippen LogP contribution in [0.5, 0.6) is 17.2 Å². The van der Waals surface area contributed by atoms with Gasteiger partial charge in [-0.05, 0) is 54.1 Å². The smallest absolute Gasteiger partial charge is 0.228 e. The topological polar surface area (TPSA) is 47.6 Å². The Bertz CT molecular complexity index is 880. The number of amides is 1. The van der Waals surface area contributed by atoms with E-state index in [1.165, 1.54) is 19.2 Å². The number of carbonyl (C=O) groups is 1. The van der Waals surface area contributed by atoms with Crippen LogP contribution >= 0.6 is 0 Å². The molecule has 5 heteroatoms. The second-order valence-electron chi connectivity index (χ2n) is 5.63. The van der Waals surface area contributed by atoms with Crippen molar-refractivity contribution < 1.29 is 18.7 Å². The van der Waals surface area contributed by atoms with E-state index in [0.717, 1.165) is 5.75 Å². The number of anilines is 1. The molecule has 3 rings (SSSR count). The van der Waals surface area contributed by atoms with E-state index < -0.39 is 5.82 Å². The lowest BCUT2D eigenvalue weighted by Crippen LogP contribution is -2.14. The van der Waals surface area contributed by atoms with Crippen molar-refractivity contribution >= 4 is 11.6 Å². The van der Waals surface area contributed by atoms with Gasteiger partial charge in [0.1, 0.15) is 11.5 Å². The number of nitrogens with one attached hydrogen (secondary N) is 1. The summed E-state index contributed by atoms with van der Waals surface area (Å²) in [6.45, 7) is 0. The van der Waals surface area contributed by atoms with Gasteiger partial charge in [-0.1, -0.05) is 24.3 Å². The van der Waals surface area contributed by atoms with Gasteiger partial charge in [0.05, 0.1) is 13.5 Å². The average molecular weight is 351 g/mol. The van der Waals surface area contributed by atoms with Gasteiger partial charge in [0, 0.05) is 5.69 Å². The summed E-state index contributed by atoms with van der Waals surface area (Å²) in [6.07, 6.45) is 0.0726. The molecular weight excluding hydrogens is 333 g/mol. The van der Waals surface area contributed by atoms with E-state index in [9.17, 15) is 9.18 Å². The molecular formula is C21H18FNO3. The van der Waals surface area contributed by atoms with Crippen LogP contribution in [0.15, 0.2) is 72.8 Å². The number of ether oxygens (including phenoxy) is 2. The van der Waals surface area contributed by atoms with Gasteiger partial charge in [-0.15, -0.1) is 0 Å². The van der Waals surface area contributed by atoms with Crippen molar-refractivity contribution in [3.05, 3.63) is 84.2 Å². The Morgan fingerprint density at radius 1 is 0.962 bits per heavy atom. The van der Waals surface area contributed by atoms with Crippen molar-refractivity contribution in [2.24, 2.45) is 0 Å². The van der Waals surface area contributed by atoms with Crippen LogP contribution in [-0.2, 0) is 11.2 Å². The van der Waals surface area contributed by atoms with Crippen LogP contribution in [0, 0.1) is 5.82 Å². The molecule has 0 spiro atoms. The standard InChI is InChI=1S/C21H18FNO3/c1-25-20-12-7-15(13-19(20)22)14-21(24)23-16-8-10-18(11-9-16)26-17-5-3-2-4-6-17/h2-13H,14H2,1H3,(H,23,24). The molecule has 3 aromatic carbocycles. The maximum Gasteiger partial charge on any atom is 0.228 e. The second-order valence-corrected chi connectivity index (χ2v) is 5.63. The van der Waals surface area contributed by atoms with Crippen molar-refractivity contribution in [1.82, 2.24) is 0 Å². The first-order valence-corrected chi connectivity index (χ1v) is 8.09. The maximum atomic E-state index is 13.7. The quantitative estimate of drug-likeness (QED) is 0.693. The minimum atomic E-state index is -0.486. The Hall–Kier alpha value is -3.34. The van der Waals surface area contributed by atoms with Crippen LogP contribution in [0.25, 0.3) is 0 Å². The normalized spacial score (nSPS) is 10.2. The third-order valence-corrected chi connectivity index (χ3v) is 3.70. The first-order valence-electron chi connectivity index (χ1n) is 8.09. The van der Waals surface area contributed by atoms with Gasteiger partial charge in [0.2, 0.25) is 5.91 Å². The molecule has 0 saturated heterocycles. The molecule has 0 heterocycles. The van der Waals surface area contributed by atoms with Crippen molar-refractivity contribution in [2.75, 3.05) is 12.4 Å². The third kappa shape index (κ3) is 4.60. The van der Waals surface area contributed by atoms with Crippen molar-refractivity contribution in [3.8, 4) is 17.2 Å².